The van der Waals surface area contributed by atoms with Crippen LogP contribution in [0.4, 0.5) is 0 Å². The monoisotopic (exact) mass is 157 g/mol. The quantitative estimate of drug-likeness (QED) is 0.663. The van der Waals surface area contributed by atoms with Crippen molar-refractivity contribution in [2.24, 2.45) is 5.41 Å². The van der Waals surface area contributed by atoms with Gasteiger partial charge in [0.05, 0.1) is 6.10 Å². The predicted molar refractivity (Wildman–Crippen MR) is 46.5 cm³/mol. The van der Waals surface area contributed by atoms with Crippen molar-refractivity contribution in [3.05, 3.63) is 0 Å². The second kappa shape index (κ2) is 3.11. The summed E-state index contributed by atoms with van der Waals surface area (Å²) >= 11 is 0. The molecule has 1 rings (SSSR count). The molecular formula is C9H19NO. The first-order chi connectivity index (χ1) is 4.99. The summed E-state index contributed by atoms with van der Waals surface area (Å²) < 4.78 is 0. The molecule has 11 heavy (non-hydrogen) atoms. The van der Waals surface area contributed by atoms with Crippen molar-refractivity contribution in [2.45, 2.75) is 33.3 Å². The molecule has 1 aliphatic rings. The van der Waals surface area contributed by atoms with Crippen LogP contribution in [0.3, 0.4) is 0 Å². The third-order valence-electron chi connectivity index (χ3n) is 2.17. The number of hydrogen-bond acceptors (Lipinski definition) is 2. The van der Waals surface area contributed by atoms with E-state index in [1.54, 1.807) is 0 Å². The fourth-order valence-electron chi connectivity index (χ4n) is 1.69. The second-order valence-electron chi connectivity index (χ2n) is 4.51. The standard InChI is InChI=1S/C9H19NO/c1-8(11)4-5-10-6-9(2,3)7-10/h8,11H,4-7H2,1-3H3. The Hall–Kier alpha value is -0.0800. The molecule has 0 radical (unpaired) electrons. The van der Waals surface area contributed by atoms with Crippen LogP contribution in [-0.2, 0) is 0 Å². The van der Waals surface area contributed by atoms with E-state index in [9.17, 15) is 0 Å². The maximum atomic E-state index is 9.02. The van der Waals surface area contributed by atoms with Crippen molar-refractivity contribution in [1.82, 2.24) is 4.90 Å². The summed E-state index contributed by atoms with van der Waals surface area (Å²) in [6.45, 7) is 9.86. The number of aliphatic hydroxyl groups excluding tert-OH is 1. The Labute approximate surface area is 69.2 Å². The molecule has 1 fully saturated rings. The minimum absolute atomic E-state index is 0.140. The molecule has 1 aliphatic heterocycles. The van der Waals surface area contributed by atoms with Crippen molar-refractivity contribution in [3.8, 4) is 0 Å². The van der Waals surface area contributed by atoms with Gasteiger partial charge in [-0.1, -0.05) is 13.8 Å². The van der Waals surface area contributed by atoms with E-state index in [0.29, 0.717) is 5.41 Å². The van der Waals surface area contributed by atoms with Gasteiger partial charge in [-0.15, -0.1) is 0 Å². The van der Waals surface area contributed by atoms with Crippen LogP contribution in [0.1, 0.15) is 27.2 Å². The van der Waals surface area contributed by atoms with Crippen LogP contribution in [0.2, 0.25) is 0 Å². The van der Waals surface area contributed by atoms with Gasteiger partial charge in [-0.25, -0.2) is 0 Å². The van der Waals surface area contributed by atoms with Crippen LogP contribution in [0.15, 0.2) is 0 Å². The van der Waals surface area contributed by atoms with E-state index in [1.165, 1.54) is 13.1 Å². The lowest BCUT2D eigenvalue weighted by Gasteiger charge is -2.46. The van der Waals surface area contributed by atoms with Gasteiger partial charge in [0.1, 0.15) is 0 Å². The lowest BCUT2D eigenvalue weighted by Crippen LogP contribution is -2.53. The highest BCUT2D eigenvalue weighted by atomic mass is 16.3. The summed E-state index contributed by atoms with van der Waals surface area (Å²) in [5, 5.41) is 9.02. The topological polar surface area (TPSA) is 23.5 Å². The zero-order chi connectivity index (χ0) is 8.48. The Morgan fingerprint density at radius 1 is 1.45 bits per heavy atom. The summed E-state index contributed by atoms with van der Waals surface area (Å²) in [4.78, 5) is 2.40. The number of nitrogens with zero attached hydrogens (tertiary/aromatic N) is 1. The molecule has 0 aromatic heterocycles. The first-order valence-corrected chi connectivity index (χ1v) is 4.40. The molecule has 0 spiro atoms. The van der Waals surface area contributed by atoms with Crippen LogP contribution < -0.4 is 0 Å². The van der Waals surface area contributed by atoms with E-state index in [2.05, 4.69) is 18.7 Å². The van der Waals surface area contributed by atoms with Crippen molar-refractivity contribution >= 4 is 0 Å². The van der Waals surface area contributed by atoms with E-state index < -0.39 is 0 Å². The summed E-state index contributed by atoms with van der Waals surface area (Å²) in [6.07, 6.45) is 0.773. The maximum Gasteiger partial charge on any atom is 0.0524 e. The van der Waals surface area contributed by atoms with E-state index in [0.717, 1.165) is 13.0 Å². The first-order valence-electron chi connectivity index (χ1n) is 4.40. The Morgan fingerprint density at radius 2 is 2.00 bits per heavy atom. The Morgan fingerprint density at radius 3 is 2.36 bits per heavy atom. The first kappa shape index (κ1) is 9.01. The number of rotatable bonds is 3. The second-order valence-corrected chi connectivity index (χ2v) is 4.51. The van der Waals surface area contributed by atoms with Crippen molar-refractivity contribution < 1.29 is 5.11 Å². The zero-order valence-electron chi connectivity index (χ0n) is 7.80. The average molecular weight is 157 g/mol. The van der Waals surface area contributed by atoms with Gasteiger partial charge < -0.3 is 10.0 Å². The molecule has 0 aromatic rings. The van der Waals surface area contributed by atoms with E-state index in [4.69, 9.17) is 5.11 Å². The van der Waals surface area contributed by atoms with Gasteiger partial charge >= 0.3 is 0 Å². The van der Waals surface area contributed by atoms with Gasteiger partial charge in [-0.2, -0.15) is 0 Å². The Kier molecular flexibility index (Phi) is 2.55. The Bertz CT molecular complexity index is 124. The predicted octanol–water partition coefficient (Wildman–Crippen LogP) is 1.10. The molecule has 1 saturated heterocycles. The van der Waals surface area contributed by atoms with Gasteiger partial charge in [0.25, 0.3) is 0 Å². The molecule has 0 amide bonds. The minimum Gasteiger partial charge on any atom is -0.393 e. The third-order valence-corrected chi connectivity index (χ3v) is 2.17. The summed E-state index contributed by atoms with van der Waals surface area (Å²) in [5.41, 5.74) is 0.526. The molecular weight excluding hydrogens is 138 g/mol. The highest BCUT2D eigenvalue weighted by Crippen LogP contribution is 2.28. The molecule has 2 nitrogen and oxygen atoms in total. The van der Waals surface area contributed by atoms with Gasteiger partial charge in [-0.3, -0.25) is 0 Å². The van der Waals surface area contributed by atoms with Crippen molar-refractivity contribution in [1.29, 1.82) is 0 Å². The van der Waals surface area contributed by atoms with E-state index in [-0.39, 0.29) is 6.10 Å². The van der Waals surface area contributed by atoms with Gasteiger partial charge in [-0.05, 0) is 18.8 Å². The molecule has 2 heteroatoms. The SMILES string of the molecule is CC(O)CCN1CC(C)(C)C1. The Balaban J connectivity index is 2.05. The lowest BCUT2D eigenvalue weighted by atomic mass is 9.84. The molecule has 0 aromatic carbocycles. The summed E-state index contributed by atoms with van der Waals surface area (Å²) in [7, 11) is 0. The molecule has 0 saturated carbocycles. The van der Waals surface area contributed by atoms with Crippen LogP contribution in [0.5, 0.6) is 0 Å². The summed E-state index contributed by atoms with van der Waals surface area (Å²) in [6, 6.07) is 0. The van der Waals surface area contributed by atoms with Crippen molar-refractivity contribution in [2.75, 3.05) is 19.6 Å². The number of likely N-dealkylation sites (tertiary alicyclic amines) is 1. The maximum absolute atomic E-state index is 9.02. The van der Waals surface area contributed by atoms with Crippen LogP contribution in [0.25, 0.3) is 0 Å². The smallest absolute Gasteiger partial charge is 0.0524 e. The van der Waals surface area contributed by atoms with E-state index in [1.807, 2.05) is 6.92 Å². The molecule has 66 valence electrons. The lowest BCUT2D eigenvalue weighted by molar-refractivity contribution is 0.0201. The molecule has 1 atom stereocenters. The molecule has 0 bridgehead atoms. The number of aliphatic hydroxyl groups is 1. The van der Waals surface area contributed by atoms with E-state index >= 15 is 0 Å². The van der Waals surface area contributed by atoms with Crippen LogP contribution in [0, 0.1) is 5.41 Å². The molecule has 1 heterocycles. The van der Waals surface area contributed by atoms with Crippen LogP contribution >= 0.6 is 0 Å². The number of hydrogen-bond donors (Lipinski definition) is 1. The van der Waals surface area contributed by atoms with Gasteiger partial charge in [0, 0.05) is 19.6 Å². The largest absolute Gasteiger partial charge is 0.393 e. The molecule has 0 aliphatic carbocycles. The average Bonchev–Trinajstić information content (AvgIpc) is 1.78. The van der Waals surface area contributed by atoms with Crippen LogP contribution in [-0.4, -0.2) is 35.7 Å². The minimum atomic E-state index is -0.140. The molecule has 1 N–H and O–H groups in total. The highest BCUT2D eigenvalue weighted by molar-refractivity contribution is 4.87. The highest BCUT2D eigenvalue weighted by Gasteiger charge is 2.33. The summed E-state index contributed by atoms with van der Waals surface area (Å²) in [5.74, 6) is 0. The van der Waals surface area contributed by atoms with Gasteiger partial charge in [0.15, 0.2) is 0 Å². The fraction of sp³-hybridized carbons (Fsp3) is 1.00. The fourth-order valence-corrected chi connectivity index (χ4v) is 1.69. The van der Waals surface area contributed by atoms with Gasteiger partial charge in [0.2, 0.25) is 0 Å². The third kappa shape index (κ3) is 2.80. The molecule has 1 unspecified atom stereocenters. The van der Waals surface area contributed by atoms with Crippen molar-refractivity contribution in [3.63, 3.8) is 0 Å². The normalized spacial score (nSPS) is 26.2. The zero-order valence-corrected chi connectivity index (χ0v) is 7.80.